The van der Waals surface area contributed by atoms with Crippen molar-refractivity contribution in [1.82, 2.24) is 4.98 Å². The lowest BCUT2D eigenvalue weighted by atomic mass is 10.2. The van der Waals surface area contributed by atoms with E-state index in [1.807, 2.05) is 18.2 Å². The largest absolute Gasteiger partial charge is 0.441 e. The van der Waals surface area contributed by atoms with Gasteiger partial charge in [0.2, 0.25) is 5.91 Å². The molecule has 4 rings (SSSR count). The number of oxazole rings is 1. The second-order valence-electron chi connectivity index (χ2n) is 7.62. The predicted molar refractivity (Wildman–Crippen MR) is 120 cm³/mol. The number of carbonyl (C=O) groups is 1. The van der Waals surface area contributed by atoms with Gasteiger partial charge < -0.3 is 9.73 Å². The first-order chi connectivity index (χ1) is 14.9. The SMILES string of the molecule is O=C(CCc1ncc(-c2ccccc2Cl)o1)Nc1ccc(S(=O)(=O)C2CCCC2)cc1. The van der Waals surface area contributed by atoms with Gasteiger partial charge in [-0.25, -0.2) is 13.4 Å². The minimum absolute atomic E-state index is 0.185. The van der Waals surface area contributed by atoms with Crippen molar-refractivity contribution < 1.29 is 17.6 Å². The van der Waals surface area contributed by atoms with Gasteiger partial charge in [0.15, 0.2) is 21.5 Å². The summed E-state index contributed by atoms with van der Waals surface area (Å²) in [5.74, 6) is 0.798. The Labute approximate surface area is 186 Å². The van der Waals surface area contributed by atoms with Gasteiger partial charge in [0, 0.05) is 24.1 Å². The van der Waals surface area contributed by atoms with E-state index in [9.17, 15) is 13.2 Å². The first-order valence-corrected chi connectivity index (χ1v) is 12.2. The molecule has 1 aliphatic carbocycles. The summed E-state index contributed by atoms with van der Waals surface area (Å²) >= 11 is 6.17. The van der Waals surface area contributed by atoms with Crippen LogP contribution in [-0.2, 0) is 21.1 Å². The molecule has 1 saturated carbocycles. The Hall–Kier alpha value is -2.64. The summed E-state index contributed by atoms with van der Waals surface area (Å²) in [5, 5.41) is 3.07. The van der Waals surface area contributed by atoms with Crippen LogP contribution >= 0.6 is 11.6 Å². The van der Waals surface area contributed by atoms with E-state index in [0.29, 0.717) is 33.7 Å². The van der Waals surface area contributed by atoms with Crippen molar-refractivity contribution in [2.24, 2.45) is 0 Å². The molecule has 6 nitrogen and oxygen atoms in total. The van der Waals surface area contributed by atoms with E-state index in [1.54, 1.807) is 36.5 Å². The molecule has 0 bridgehead atoms. The number of rotatable bonds is 7. The molecule has 1 amide bonds. The molecule has 1 fully saturated rings. The third-order valence-corrected chi connectivity index (χ3v) is 8.07. The number of nitrogens with one attached hydrogen (secondary N) is 1. The monoisotopic (exact) mass is 458 g/mol. The van der Waals surface area contributed by atoms with Gasteiger partial charge in [0.25, 0.3) is 0 Å². The zero-order valence-corrected chi connectivity index (χ0v) is 18.5. The summed E-state index contributed by atoms with van der Waals surface area (Å²) in [4.78, 5) is 16.8. The second kappa shape index (κ2) is 9.24. The van der Waals surface area contributed by atoms with Crippen LogP contribution in [-0.4, -0.2) is 24.6 Å². The van der Waals surface area contributed by atoms with E-state index in [4.69, 9.17) is 16.0 Å². The Morgan fingerprint density at radius 2 is 1.81 bits per heavy atom. The maximum atomic E-state index is 12.6. The molecule has 1 N–H and O–H groups in total. The Morgan fingerprint density at radius 1 is 1.10 bits per heavy atom. The van der Waals surface area contributed by atoms with Gasteiger partial charge in [-0.15, -0.1) is 0 Å². The average molecular weight is 459 g/mol. The molecule has 0 saturated heterocycles. The van der Waals surface area contributed by atoms with Crippen LogP contribution in [0.3, 0.4) is 0 Å². The van der Waals surface area contributed by atoms with E-state index < -0.39 is 9.84 Å². The fourth-order valence-electron chi connectivity index (χ4n) is 3.77. The highest BCUT2D eigenvalue weighted by Gasteiger charge is 2.30. The summed E-state index contributed by atoms with van der Waals surface area (Å²) in [6.45, 7) is 0. The minimum atomic E-state index is -3.30. The highest BCUT2D eigenvalue weighted by Crippen LogP contribution is 2.30. The lowest BCUT2D eigenvalue weighted by Gasteiger charge is -2.12. The van der Waals surface area contributed by atoms with Crippen molar-refractivity contribution in [3.05, 3.63) is 65.6 Å². The van der Waals surface area contributed by atoms with Crippen molar-refractivity contribution >= 4 is 33.0 Å². The Morgan fingerprint density at radius 3 is 2.52 bits per heavy atom. The molecule has 162 valence electrons. The van der Waals surface area contributed by atoms with E-state index in [2.05, 4.69) is 10.3 Å². The molecular weight excluding hydrogens is 436 g/mol. The predicted octanol–water partition coefficient (Wildman–Crippen LogP) is 5.28. The number of sulfone groups is 1. The van der Waals surface area contributed by atoms with Gasteiger partial charge in [0.1, 0.15) is 0 Å². The fourth-order valence-corrected chi connectivity index (χ4v) is 5.86. The zero-order chi connectivity index (χ0) is 21.8. The second-order valence-corrected chi connectivity index (χ2v) is 10.3. The fraction of sp³-hybridized carbons (Fsp3) is 0.304. The van der Waals surface area contributed by atoms with Gasteiger partial charge in [-0.05, 0) is 49.2 Å². The summed E-state index contributed by atoms with van der Waals surface area (Å²) in [6.07, 6.45) is 5.48. The molecule has 0 spiro atoms. The number of halogens is 1. The first-order valence-electron chi connectivity index (χ1n) is 10.3. The average Bonchev–Trinajstić information content (AvgIpc) is 3.46. The van der Waals surface area contributed by atoms with Crippen molar-refractivity contribution in [3.8, 4) is 11.3 Å². The highest BCUT2D eigenvalue weighted by molar-refractivity contribution is 7.92. The molecule has 1 aromatic heterocycles. The number of aryl methyl sites for hydroxylation is 1. The molecular formula is C23H23ClN2O4S. The van der Waals surface area contributed by atoms with Crippen LogP contribution < -0.4 is 5.32 Å². The number of nitrogens with zero attached hydrogens (tertiary/aromatic N) is 1. The number of benzene rings is 2. The maximum absolute atomic E-state index is 12.6. The van der Waals surface area contributed by atoms with Crippen LogP contribution in [0.5, 0.6) is 0 Å². The Bertz CT molecular complexity index is 1170. The molecule has 31 heavy (non-hydrogen) atoms. The number of hydrogen-bond acceptors (Lipinski definition) is 5. The Balaban J connectivity index is 1.33. The smallest absolute Gasteiger partial charge is 0.224 e. The molecule has 1 heterocycles. The van der Waals surface area contributed by atoms with Gasteiger partial charge in [-0.3, -0.25) is 4.79 Å². The summed E-state index contributed by atoms with van der Waals surface area (Å²) in [5.41, 5.74) is 1.31. The van der Waals surface area contributed by atoms with Crippen molar-refractivity contribution in [1.29, 1.82) is 0 Å². The molecule has 1 aliphatic rings. The zero-order valence-electron chi connectivity index (χ0n) is 16.9. The summed E-state index contributed by atoms with van der Waals surface area (Å²) in [7, 11) is -3.30. The number of aromatic nitrogens is 1. The van der Waals surface area contributed by atoms with Crippen LogP contribution in [0.15, 0.2) is 64.0 Å². The third kappa shape index (κ3) is 4.99. The third-order valence-electron chi connectivity index (χ3n) is 5.47. The number of hydrogen-bond donors (Lipinski definition) is 1. The quantitative estimate of drug-likeness (QED) is 0.520. The standard InChI is InChI=1S/C23H23ClN2O4S/c24-20-8-4-3-7-19(20)21-15-25-23(30-21)14-13-22(27)26-16-9-11-18(12-10-16)31(28,29)17-5-1-2-6-17/h3-4,7-12,15,17H,1-2,5-6,13-14H2,(H,26,27). The number of carbonyl (C=O) groups excluding carboxylic acids is 1. The van der Waals surface area contributed by atoms with Crippen LogP contribution in [0.4, 0.5) is 5.69 Å². The first kappa shape index (κ1) is 21.6. The Kier molecular flexibility index (Phi) is 6.43. The van der Waals surface area contributed by atoms with Crippen molar-refractivity contribution in [2.45, 2.75) is 48.7 Å². The maximum Gasteiger partial charge on any atom is 0.224 e. The lowest BCUT2D eigenvalue weighted by molar-refractivity contribution is -0.116. The van der Waals surface area contributed by atoms with E-state index in [1.165, 1.54) is 0 Å². The van der Waals surface area contributed by atoms with Gasteiger partial charge in [-0.2, -0.15) is 0 Å². The molecule has 2 aromatic carbocycles. The van der Waals surface area contributed by atoms with Gasteiger partial charge >= 0.3 is 0 Å². The van der Waals surface area contributed by atoms with E-state index in [0.717, 1.165) is 31.2 Å². The highest BCUT2D eigenvalue weighted by atomic mass is 35.5. The minimum Gasteiger partial charge on any atom is -0.441 e. The summed E-state index contributed by atoms with van der Waals surface area (Å²) in [6, 6.07) is 13.7. The van der Waals surface area contributed by atoms with Crippen LogP contribution in [0, 0.1) is 0 Å². The summed E-state index contributed by atoms with van der Waals surface area (Å²) < 4.78 is 31.0. The van der Waals surface area contributed by atoms with Crippen LogP contribution in [0.1, 0.15) is 38.0 Å². The molecule has 0 radical (unpaired) electrons. The van der Waals surface area contributed by atoms with Crippen molar-refractivity contribution in [3.63, 3.8) is 0 Å². The van der Waals surface area contributed by atoms with Crippen LogP contribution in [0.2, 0.25) is 5.02 Å². The van der Waals surface area contributed by atoms with Gasteiger partial charge in [0.05, 0.1) is 21.4 Å². The molecule has 8 heteroatoms. The van der Waals surface area contributed by atoms with E-state index in [-0.39, 0.29) is 17.6 Å². The lowest BCUT2D eigenvalue weighted by Crippen LogP contribution is -2.18. The molecule has 0 unspecified atom stereocenters. The van der Waals surface area contributed by atoms with E-state index >= 15 is 0 Å². The molecule has 0 atom stereocenters. The molecule has 0 aliphatic heterocycles. The number of anilines is 1. The van der Waals surface area contributed by atoms with Gasteiger partial charge in [-0.1, -0.05) is 36.6 Å². The van der Waals surface area contributed by atoms with Crippen LogP contribution in [0.25, 0.3) is 11.3 Å². The van der Waals surface area contributed by atoms with Crippen molar-refractivity contribution in [2.75, 3.05) is 5.32 Å². The number of amides is 1. The topological polar surface area (TPSA) is 89.3 Å². The normalized spacial score (nSPS) is 14.6. The molecule has 3 aromatic rings.